The molecule has 0 saturated heterocycles. The Bertz CT molecular complexity index is 707. The highest BCUT2D eigenvalue weighted by Gasteiger charge is 2.04. The van der Waals surface area contributed by atoms with Gasteiger partial charge in [0.15, 0.2) is 0 Å². The largest absolute Gasteiger partial charge is 0.376 e. The molecule has 2 aromatic carbocycles. The number of hydrogen-bond acceptors (Lipinski definition) is 3. The van der Waals surface area contributed by atoms with E-state index in [0.717, 1.165) is 0 Å². The van der Waals surface area contributed by atoms with Crippen molar-refractivity contribution < 1.29 is 9.18 Å². The molecule has 0 fully saturated rings. The zero-order chi connectivity index (χ0) is 15.2. The molecule has 0 unspecified atom stereocenters. The normalized spacial score (nSPS) is 9.76. The first kappa shape index (κ1) is 14.5. The van der Waals surface area contributed by atoms with Crippen molar-refractivity contribution in [1.29, 1.82) is 5.26 Å². The minimum absolute atomic E-state index is 0.0132. The number of anilines is 2. The van der Waals surface area contributed by atoms with E-state index in [-0.39, 0.29) is 18.3 Å². The zero-order valence-corrected chi connectivity index (χ0v) is 11.5. The summed E-state index contributed by atoms with van der Waals surface area (Å²) in [6.45, 7) is 1.69. The van der Waals surface area contributed by atoms with Crippen LogP contribution in [0.15, 0.2) is 42.5 Å². The summed E-state index contributed by atoms with van der Waals surface area (Å²) in [6, 6.07) is 13.3. The molecule has 0 aliphatic heterocycles. The van der Waals surface area contributed by atoms with Crippen LogP contribution in [0.5, 0.6) is 0 Å². The summed E-state index contributed by atoms with van der Waals surface area (Å²) in [5.41, 5.74) is 2.12. The van der Waals surface area contributed by atoms with E-state index in [1.807, 2.05) is 6.07 Å². The second-order valence-electron chi connectivity index (χ2n) is 4.56. The molecule has 0 saturated carbocycles. The standard InChI is InChI=1S/C16H14FN3O/c1-11-5-6-13(8-15(11)17)19-10-16(21)20-14-4-2-3-12(7-14)9-18/h2-8,19H,10H2,1H3,(H,20,21). The Balaban J connectivity index is 1.92. The molecule has 1 amide bonds. The highest BCUT2D eigenvalue weighted by Crippen LogP contribution is 2.13. The molecule has 106 valence electrons. The van der Waals surface area contributed by atoms with Crippen molar-refractivity contribution in [2.24, 2.45) is 0 Å². The summed E-state index contributed by atoms with van der Waals surface area (Å²) in [4.78, 5) is 11.8. The second-order valence-corrected chi connectivity index (χ2v) is 4.56. The van der Waals surface area contributed by atoms with Gasteiger partial charge in [0.1, 0.15) is 5.82 Å². The van der Waals surface area contributed by atoms with Crippen LogP contribution in [0.1, 0.15) is 11.1 Å². The lowest BCUT2D eigenvalue weighted by Crippen LogP contribution is -2.21. The molecule has 0 bridgehead atoms. The van der Waals surface area contributed by atoms with Gasteiger partial charge in [-0.15, -0.1) is 0 Å². The van der Waals surface area contributed by atoms with Crippen molar-refractivity contribution in [2.45, 2.75) is 6.92 Å². The Morgan fingerprint density at radius 3 is 2.76 bits per heavy atom. The van der Waals surface area contributed by atoms with Crippen LogP contribution in [-0.2, 0) is 4.79 Å². The van der Waals surface area contributed by atoms with E-state index >= 15 is 0 Å². The third-order valence-electron chi connectivity index (χ3n) is 2.90. The quantitative estimate of drug-likeness (QED) is 0.906. The Kier molecular flexibility index (Phi) is 4.52. The van der Waals surface area contributed by atoms with Gasteiger partial charge in [-0.25, -0.2) is 4.39 Å². The van der Waals surface area contributed by atoms with Crippen LogP contribution in [0.4, 0.5) is 15.8 Å². The first-order chi connectivity index (χ1) is 10.1. The van der Waals surface area contributed by atoms with Crippen LogP contribution in [0.25, 0.3) is 0 Å². The molecular weight excluding hydrogens is 269 g/mol. The molecule has 2 aromatic rings. The predicted molar refractivity (Wildman–Crippen MR) is 79.4 cm³/mol. The summed E-state index contributed by atoms with van der Waals surface area (Å²) < 4.78 is 13.4. The lowest BCUT2D eigenvalue weighted by Gasteiger charge is -2.08. The molecule has 21 heavy (non-hydrogen) atoms. The van der Waals surface area contributed by atoms with Gasteiger partial charge in [0.2, 0.25) is 5.91 Å². The highest BCUT2D eigenvalue weighted by atomic mass is 19.1. The maximum absolute atomic E-state index is 13.4. The molecule has 2 rings (SSSR count). The topological polar surface area (TPSA) is 64.9 Å². The summed E-state index contributed by atoms with van der Waals surface area (Å²) in [5.74, 6) is -0.590. The van der Waals surface area contributed by atoms with Gasteiger partial charge in [0, 0.05) is 11.4 Å². The van der Waals surface area contributed by atoms with Crippen molar-refractivity contribution in [1.82, 2.24) is 0 Å². The number of carbonyl (C=O) groups excluding carboxylic acids is 1. The third kappa shape index (κ3) is 4.05. The Morgan fingerprint density at radius 2 is 2.05 bits per heavy atom. The second kappa shape index (κ2) is 6.53. The van der Waals surface area contributed by atoms with E-state index in [1.54, 1.807) is 43.3 Å². The number of halogens is 1. The molecule has 0 heterocycles. The van der Waals surface area contributed by atoms with E-state index < -0.39 is 0 Å². The highest BCUT2D eigenvalue weighted by molar-refractivity contribution is 5.93. The number of nitriles is 1. The molecular formula is C16H14FN3O. The van der Waals surface area contributed by atoms with E-state index in [1.165, 1.54) is 6.07 Å². The van der Waals surface area contributed by atoms with E-state index in [2.05, 4.69) is 10.6 Å². The van der Waals surface area contributed by atoms with Crippen molar-refractivity contribution in [2.75, 3.05) is 17.2 Å². The molecule has 0 atom stereocenters. The Hall–Kier alpha value is -2.87. The molecule has 5 heteroatoms. The molecule has 0 aromatic heterocycles. The van der Waals surface area contributed by atoms with Crippen LogP contribution in [0.3, 0.4) is 0 Å². The fraction of sp³-hybridized carbons (Fsp3) is 0.125. The van der Waals surface area contributed by atoms with Crippen molar-refractivity contribution in [3.63, 3.8) is 0 Å². The van der Waals surface area contributed by atoms with Gasteiger partial charge in [-0.2, -0.15) is 5.26 Å². The Morgan fingerprint density at radius 1 is 1.24 bits per heavy atom. The third-order valence-corrected chi connectivity index (χ3v) is 2.90. The fourth-order valence-corrected chi connectivity index (χ4v) is 1.76. The molecule has 0 spiro atoms. The van der Waals surface area contributed by atoms with Crippen LogP contribution < -0.4 is 10.6 Å². The van der Waals surface area contributed by atoms with Gasteiger partial charge in [-0.05, 0) is 42.8 Å². The lowest BCUT2D eigenvalue weighted by molar-refractivity contribution is -0.114. The SMILES string of the molecule is Cc1ccc(NCC(=O)Nc2cccc(C#N)c2)cc1F. The lowest BCUT2D eigenvalue weighted by atomic mass is 10.2. The molecule has 0 aliphatic carbocycles. The van der Waals surface area contributed by atoms with Gasteiger partial charge in [0.05, 0.1) is 18.2 Å². The maximum atomic E-state index is 13.4. The maximum Gasteiger partial charge on any atom is 0.243 e. The molecule has 0 radical (unpaired) electrons. The van der Waals surface area contributed by atoms with Gasteiger partial charge in [0.25, 0.3) is 0 Å². The fourth-order valence-electron chi connectivity index (χ4n) is 1.76. The number of nitrogens with zero attached hydrogens (tertiary/aromatic N) is 1. The minimum Gasteiger partial charge on any atom is -0.376 e. The number of benzene rings is 2. The van der Waals surface area contributed by atoms with Crippen molar-refractivity contribution in [3.05, 3.63) is 59.4 Å². The first-order valence-electron chi connectivity index (χ1n) is 6.38. The van der Waals surface area contributed by atoms with Crippen molar-refractivity contribution in [3.8, 4) is 6.07 Å². The van der Waals surface area contributed by atoms with E-state index in [9.17, 15) is 9.18 Å². The number of nitrogens with one attached hydrogen (secondary N) is 2. The van der Waals surface area contributed by atoms with E-state index in [0.29, 0.717) is 22.5 Å². The van der Waals surface area contributed by atoms with Crippen LogP contribution >= 0.6 is 0 Å². The number of amides is 1. The summed E-state index contributed by atoms with van der Waals surface area (Å²) >= 11 is 0. The number of hydrogen-bond donors (Lipinski definition) is 2. The monoisotopic (exact) mass is 283 g/mol. The molecule has 4 nitrogen and oxygen atoms in total. The summed E-state index contributed by atoms with van der Waals surface area (Å²) in [7, 11) is 0. The minimum atomic E-state index is -0.317. The van der Waals surface area contributed by atoms with Gasteiger partial charge < -0.3 is 10.6 Å². The van der Waals surface area contributed by atoms with Crippen LogP contribution in [0, 0.1) is 24.1 Å². The molecule has 0 aliphatic rings. The average molecular weight is 283 g/mol. The predicted octanol–water partition coefficient (Wildman–Crippen LogP) is 3.06. The van der Waals surface area contributed by atoms with E-state index in [4.69, 9.17) is 5.26 Å². The number of rotatable bonds is 4. The zero-order valence-electron chi connectivity index (χ0n) is 11.5. The smallest absolute Gasteiger partial charge is 0.243 e. The molecule has 2 N–H and O–H groups in total. The Labute approximate surface area is 122 Å². The average Bonchev–Trinajstić information content (AvgIpc) is 2.48. The van der Waals surface area contributed by atoms with Gasteiger partial charge in [-0.1, -0.05) is 12.1 Å². The number of carbonyl (C=O) groups is 1. The van der Waals surface area contributed by atoms with Crippen LogP contribution in [-0.4, -0.2) is 12.5 Å². The number of aryl methyl sites for hydroxylation is 1. The van der Waals surface area contributed by atoms with Crippen LogP contribution in [0.2, 0.25) is 0 Å². The van der Waals surface area contributed by atoms with Gasteiger partial charge in [-0.3, -0.25) is 4.79 Å². The van der Waals surface area contributed by atoms with Crippen molar-refractivity contribution >= 4 is 17.3 Å². The summed E-state index contributed by atoms with van der Waals surface area (Å²) in [6.07, 6.45) is 0. The first-order valence-corrected chi connectivity index (χ1v) is 6.38. The van der Waals surface area contributed by atoms with Gasteiger partial charge >= 0.3 is 0 Å². The summed E-state index contributed by atoms with van der Waals surface area (Å²) in [5, 5.41) is 14.3.